The Morgan fingerprint density at radius 1 is 1.22 bits per heavy atom. The average Bonchev–Trinajstić information content (AvgIpc) is 2.84. The molecule has 96 valence electrons. The van der Waals surface area contributed by atoms with E-state index < -0.39 is 0 Å². The number of benzene rings is 1. The smallest absolute Gasteiger partial charge is 0.119 e. The van der Waals surface area contributed by atoms with Gasteiger partial charge in [0.15, 0.2) is 0 Å². The minimum atomic E-state index is 0.711. The van der Waals surface area contributed by atoms with Crippen LogP contribution in [-0.2, 0) is 13.1 Å². The molecule has 0 spiro atoms. The molecule has 2 rings (SSSR count). The zero-order valence-corrected chi connectivity index (χ0v) is 10.7. The van der Waals surface area contributed by atoms with Crippen molar-refractivity contribution in [2.24, 2.45) is 0 Å². The summed E-state index contributed by atoms with van der Waals surface area (Å²) in [6, 6.07) is 11.9. The molecule has 2 aromatic rings. The third kappa shape index (κ3) is 3.60. The van der Waals surface area contributed by atoms with E-state index in [2.05, 4.69) is 10.4 Å². The van der Waals surface area contributed by atoms with E-state index in [4.69, 9.17) is 4.74 Å². The summed E-state index contributed by atoms with van der Waals surface area (Å²) in [6.45, 7) is 2.44. The Kier molecular flexibility index (Phi) is 4.78. The van der Waals surface area contributed by atoms with Crippen LogP contribution in [0.3, 0.4) is 0 Å². The molecule has 0 radical (unpaired) electrons. The fraction of sp³-hybridized carbons (Fsp3) is 0.357. The lowest BCUT2D eigenvalue weighted by Crippen LogP contribution is -2.13. The molecule has 1 aromatic carbocycles. The fourth-order valence-electron chi connectivity index (χ4n) is 1.81. The molecule has 0 aliphatic carbocycles. The van der Waals surface area contributed by atoms with Crippen molar-refractivity contribution in [1.29, 1.82) is 0 Å². The minimum Gasteiger partial charge on any atom is -0.494 e. The molecule has 18 heavy (non-hydrogen) atoms. The standard InChI is InChI=1S/C14H19N3O/c1-15-12-13-8-9-16-17(13)10-5-11-18-14-6-3-2-4-7-14/h2-4,6-9,15H,5,10-12H2,1H3. The minimum absolute atomic E-state index is 0.711. The maximum atomic E-state index is 5.65. The summed E-state index contributed by atoms with van der Waals surface area (Å²) in [5.74, 6) is 0.924. The van der Waals surface area contributed by atoms with E-state index in [1.54, 1.807) is 0 Å². The first-order chi connectivity index (χ1) is 8.90. The molecule has 1 aromatic heterocycles. The molecule has 0 aliphatic heterocycles. The van der Waals surface area contributed by atoms with Gasteiger partial charge in [-0.3, -0.25) is 4.68 Å². The van der Waals surface area contributed by atoms with Gasteiger partial charge in [-0.1, -0.05) is 18.2 Å². The Labute approximate surface area is 108 Å². The molecule has 0 fully saturated rings. The first-order valence-electron chi connectivity index (χ1n) is 6.23. The van der Waals surface area contributed by atoms with Crippen molar-refractivity contribution in [3.05, 3.63) is 48.3 Å². The molecule has 0 saturated carbocycles. The van der Waals surface area contributed by atoms with Crippen LogP contribution >= 0.6 is 0 Å². The summed E-state index contributed by atoms with van der Waals surface area (Å²) in [7, 11) is 1.94. The van der Waals surface area contributed by atoms with E-state index in [9.17, 15) is 0 Å². The first-order valence-corrected chi connectivity index (χ1v) is 6.23. The van der Waals surface area contributed by atoms with Gasteiger partial charge in [0.2, 0.25) is 0 Å². The Balaban J connectivity index is 1.73. The number of aromatic nitrogens is 2. The van der Waals surface area contributed by atoms with Crippen LogP contribution in [0.1, 0.15) is 12.1 Å². The van der Waals surface area contributed by atoms with E-state index in [1.165, 1.54) is 5.69 Å². The Bertz CT molecular complexity index is 453. The number of aryl methyl sites for hydroxylation is 1. The Hall–Kier alpha value is -1.81. The number of nitrogens with zero attached hydrogens (tertiary/aromatic N) is 2. The van der Waals surface area contributed by atoms with Crippen LogP contribution in [0.2, 0.25) is 0 Å². The lowest BCUT2D eigenvalue weighted by atomic mass is 10.3. The van der Waals surface area contributed by atoms with Gasteiger partial charge in [-0.05, 0) is 25.2 Å². The van der Waals surface area contributed by atoms with E-state index >= 15 is 0 Å². The molecule has 0 aliphatic rings. The van der Waals surface area contributed by atoms with E-state index in [0.717, 1.165) is 25.3 Å². The van der Waals surface area contributed by atoms with Gasteiger partial charge in [-0.2, -0.15) is 5.10 Å². The highest BCUT2D eigenvalue weighted by Crippen LogP contribution is 2.08. The maximum Gasteiger partial charge on any atom is 0.119 e. The summed E-state index contributed by atoms with van der Waals surface area (Å²) in [5, 5.41) is 7.44. The molecule has 0 saturated heterocycles. The van der Waals surface area contributed by atoms with Crippen LogP contribution in [0.25, 0.3) is 0 Å². The summed E-state index contributed by atoms with van der Waals surface area (Å²) in [6.07, 6.45) is 2.79. The highest BCUT2D eigenvalue weighted by molar-refractivity contribution is 5.20. The van der Waals surface area contributed by atoms with Crippen molar-refractivity contribution in [3.63, 3.8) is 0 Å². The van der Waals surface area contributed by atoms with Crippen LogP contribution < -0.4 is 10.1 Å². The van der Waals surface area contributed by atoms with Gasteiger partial charge in [0, 0.05) is 25.7 Å². The predicted octanol–water partition coefficient (Wildman–Crippen LogP) is 2.07. The average molecular weight is 245 g/mol. The molecule has 1 N–H and O–H groups in total. The SMILES string of the molecule is CNCc1ccnn1CCCOc1ccccc1. The quantitative estimate of drug-likeness (QED) is 0.759. The van der Waals surface area contributed by atoms with Gasteiger partial charge in [0.25, 0.3) is 0 Å². The lowest BCUT2D eigenvalue weighted by molar-refractivity contribution is 0.297. The highest BCUT2D eigenvalue weighted by atomic mass is 16.5. The van der Waals surface area contributed by atoms with Gasteiger partial charge in [0.05, 0.1) is 12.3 Å². The normalized spacial score (nSPS) is 10.5. The van der Waals surface area contributed by atoms with Crippen molar-refractivity contribution in [1.82, 2.24) is 15.1 Å². The zero-order valence-electron chi connectivity index (χ0n) is 10.7. The van der Waals surface area contributed by atoms with E-state index in [-0.39, 0.29) is 0 Å². The van der Waals surface area contributed by atoms with Crippen LogP contribution in [0, 0.1) is 0 Å². The second kappa shape index (κ2) is 6.81. The van der Waals surface area contributed by atoms with Crippen molar-refractivity contribution < 1.29 is 4.74 Å². The van der Waals surface area contributed by atoms with Gasteiger partial charge in [-0.25, -0.2) is 0 Å². The zero-order chi connectivity index (χ0) is 12.6. The number of para-hydroxylation sites is 1. The Morgan fingerprint density at radius 3 is 2.83 bits per heavy atom. The number of ether oxygens (including phenoxy) is 1. The molecular weight excluding hydrogens is 226 g/mol. The van der Waals surface area contributed by atoms with Gasteiger partial charge >= 0.3 is 0 Å². The van der Waals surface area contributed by atoms with Crippen molar-refractivity contribution in [2.75, 3.05) is 13.7 Å². The van der Waals surface area contributed by atoms with E-state index in [0.29, 0.717) is 6.61 Å². The summed E-state index contributed by atoms with van der Waals surface area (Å²) < 4.78 is 7.67. The van der Waals surface area contributed by atoms with Crippen molar-refractivity contribution >= 4 is 0 Å². The van der Waals surface area contributed by atoms with Gasteiger partial charge in [-0.15, -0.1) is 0 Å². The molecule has 0 unspecified atom stereocenters. The van der Waals surface area contributed by atoms with Crippen molar-refractivity contribution in [2.45, 2.75) is 19.5 Å². The largest absolute Gasteiger partial charge is 0.494 e. The molecule has 1 heterocycles. The van der Waals surface area contributed by atoms with Gasteiger partial charge in [0.1, 0.15) is 5.75 Å². The molecule has 4 heteroatoms. The van der Waals surface area contributed by atoms with Gasteiger partial charge < -0.3 is 10.1 Å². The molecule has 0 atom stereocenters. The van der Waals surface area contributed by atoms with E-state index in [1.807, 2.05) is 54.3 Å². The summed E-state index contributed by atoms with van der Waals surface area (Å²) in [4.78, 5) is 0. The topological polar surface area (TPSA) is 39.1 Å². The summed E-state index contributed by atoms with van der Waals surface area (Å²) in [5.41, 5.74) is 1.21. The molecular formula is C14H19N3O. The van der Waals surface area contributed by atoms with Crippen LogP contribution in [0.4, 0.5) is 0 Å². The fourth-order valence-corrected chi connectivity index (χ4v) is 1.81. The highest BCUT2D eigenvalue weighted by Gasteiger charge is 2.00. The molecule has 4 nitrogen and oxygen atoms in total. The number of hydrogen-bond donors (Lipinski definition) is 1. The number of hydrogen-bond acceptors (Lipinski definition) is 3. The number of rotatable bonds is 7. The molecule has 0 amide bonds. The van der Waals surface area contributed by atoms with Crippen LogP contribution in [0.15, 0.2) is 42.6 Å². The van der Waals surface area contributed by atoms with Crippen LogP contribution in [-0.4, -0.2) is 23.4 Å². The van der Waals surface area contributed by atoms with Crippen molar-refractivity contribution in [3.8, 4) is 5.75 Å². The second-order valence-corrected chi connectivity index (χ2v) is 4.09. The lowest BCUT2D eigenvalue weighted by Gasteiger charge is -2.08. The third-order valence-electron chi connectivity index (χ3n) is 2.69. The molecule has 0 bridgehead atoms. The first kappa shape index (κ1) is 12.6. The second-order valence-electron chi connectivity index (χ2n) is 4.09. The van der Waals surface area contributed by atoms with Crippen LogP contribution in [0.5, 0.6) is 5.75 Å². The maximum absolute atomic E-state index is 5.65. The third-order valence-corrected chi connectivity index (χ3v) is 2.69. The number of nitrogens with one attached hydrogen (secondary N) is 1. The predicted molar refractivity (Wildman–Crippen MR) is 71.5 cm³/mol. The Morgan fingerprint density at radius 2 is 2.06 bits per heavy atom. The monoisotopic (exact) mass is 245 g/mol. The summed E-state index contributed by atoms with van der Waals surface area (Å²) >= 11 is 0.